The van der Waals surface area contributed by atoms with E-state index in [1.807, 2.05) is 89.3 Å². The van der Waals surface area contributed by atoms with Crippen molar-refractivity contribution < 1.29 is 69.1 Å². The number of carbonyl (C=O) groups excluding carboxylic acids is 7. The van der Waals surface area contributed by atoms with Gasteiger partial charge in [-0.15, -0.1) is 0 Å². The molecule has 0 aliphatic carbocycles. The van der Waals surface area contributed by atoms with Gasteiger partial charge in [0.1, 0.15) is 29.6 Å². The Balaban J connectivity index is 0.000000186. The Morgan fingerprint density at radius 3 is 0.990 bits per heavy atom. The quantitative estimate of drug-likeness (QED) is 0.0135. The molecule has 0 aromatic heterocycles. The van der Waals surface area contributed by atoms with Crippen LogP contribution < -0.4 is 19.9 Å². The molecule has 0 radical (unpaired) electrons. The van der Waals surface area contributed by atoms with E-state index in [1.54, 1.807) is 146 Å². The van der Waals surface area contributed by atoms with Gasteiger partial charge in [0.15, 0.2) is 42.1 Å². The number of ketones is 5. The van der Waals surface area contributed by atoms with Crippen LogP contribution in [0.25, 0.3) is 0 Å². The number of nitrogens with zero attached hydrogens (tertiary/aromatic N) is 2. The number of benzene rings is 10. The Bertz CT molecular complexity index is 4060. The molecule has 12 rings (SSSR count). The maximum atomic E-state index is 12.5. The van der Waals surface area contributed by atoms with Gasteiger partial charge in [0.25, 0.3) is 0 Å². The number of piperidine rings is 2. The van der Waals surface area contributed by atoms with E-state index in [9.17, 15) is 33.6 Å². The summed E-state index contributed by atoms with van der Waals surface area (Å²) in [6.07, 6.45) is 4.97. The van der Waals surface area contributed by atoms with Crippen molar-refractivity contribution in [3.8, 4) is 23.0 Å². The number of alkyl halides is 1. The lowest BCUT2D eigenvalue weighted by molar-refractivity contribution is -0.236. The number of methoxy groups -OCH3 is 1. The Labute approximate surface area is 617 Å². The SMILES string of the molecule is COC(=O)COc1ccc(C(=O)c2ccccc2)cc1.NC1CCN(Cc2ccccc2)CC1.O=C(COc1ccc(C(=O)c2ccccc2)cc1)CC1CCN(Cc2ccccc2)CC1.O=C(COc1ccc(C(=O)c2ccccc2)cc1)OO.O=C(c1ccccc1)c1ccc(O)cc1.[2H]CI. The molecule has 0 spiro atoms. The molecule has 0 bridgehead atoms. The number of Topliss-reactive ketones (excluding diaryl/α,β-unsaturated/α-hetero) is 1. The second-order valence-electron chi connectivity index (χ2n) is 23.9. The van der Waals surface area contributed by atoms with Crippen molar-refractivity contribution in [1.82, 2.24) is 9.80 Å². The largest absolute Gasteiger partial charge is 0.508 e. The number of phenols is 1. The van der Waals surface area contributed by atoms with E-state index in [1.165, 1.54) is 30.4 Å². The highest BCUT2D eigenvalue weighted by Gasteiger charge is 2.23. The molecule has 103 heavy (non-hydrogen) atoms. The maximum Gasteiger partial charge on any atom is 0.379 e. The second-order valence-corrected chi connectivity index (χ2v) is 23.9. The number of carbonyl (C=O) groups is 7. The number of aromatic hydroxyl groups is 1. The number of phenolic OH excluding ortho intramolecular Hbond substituents is 1. The number of rotatable bonds is 23. The fourth-order valence-electron chi connectivity index (χ4n) is 10.8. The van der Waals surface area contributed by atoms with Gasteiger partial charge in [-0.05, 0) is 171 Å². The monoisotopic (exact) mass is 1500 g/mol. The zero-order chi connectivity index (χ0) is 74.1. The molecular weight excluding hydrogens is 1410 g/mol. The molecule has 532 valence electrons. The van der Waals surface area contributed by atoms with Crippen LogP contribution in [0.1, 0.15) is 108 Å². The van der Waals surface area contributed by atoms with Crippen molar-refractivity contribution in [3.63, 3.8) is 0 Å². The first kappa shape index (κ1) is 78.0. The number of esters is 1. The fourth-order valence-corrected chi connectivity index (χ4v) is 10.8. The van der Waals surface area contributed by atoms with Crippen molar-refractivity contribution in [2.24, 2.45) is 11.7 Å². The van der Waals surface area contributed by atoms with Gasteiger partial charge in [-0.3, -0.25) is 38.7 Å². The molecule has 4 N–H and O–H groups in total. The van der Waals surface area contributed by atoms with Gasteiger partial charge in [0, 0.05) is 71.4 Å². The maximum absolute atomic E-state index is 12.5. The minimum absolute atomic E-state index is 0.0215. The van der Waals surface area contributed by atoms with E-state index < -0.39 is 18.5 Å². The summed E-state index contributed by atoms with van der Waals surface area (Å²) in [7, 11) is 1.30. The molecule has 10 aromatic carbocycles. The summed E-state index contributed by atoms with van der Waals surface area (Å²) >= 11 is 1.96. The average Bonchev–Trinajstić information content (AvgIpc) is 0.869. The number of likely N-dealkylation sites (tertiary alicyclic amines) is 2. The van der Waals surface area contributed by atoms with Crippen LogP contribution >= 0.6 is 22.6 Å². The van der Waals surface area contributed by atoms with Gasteiger partial charge in [0.05, 0.1) is 7.11 Å². The average molecular weight is 1500 g/mol. The van der Waals surface area contributed by atoms with Crippen molar-refractivity contribution in [3.05, 3.63) is 335 Å². The number of halogens is 1. The lowest BCUT2D eigenvalue weighted by Crippen LogP contribution is -2.39. The van der Waals surface area contributed by atoms with Gasteiger partial charge < -0.3 is 29.8 Å². The smallest absolute Gasteiger partial charge is 0.379 e. The molecule has 2 saturated heterocycles. The Morgan fingerprint density at radius 1 is 0.408 bits per heavy atom. The number of hydrogen-bond donors (Lipinski definition) is 3. The number of ether oxygens (including phenoxy) is 4. The molecular formula is C85H86IN3O14. The van der Waals surface area contributed by atoms with Gasteiger partial charge >= 0.3 is 11.9 Å². The third-order valence-electron chi connectivity index (χ3n) is 16.4. The van der Waals surface area contributed by atoms with E-state index in [-0.39, 0.29) is 47.9 Å². The van der Waals surface area contributed by atoms with Crippen molar-refractivity contribution in [2.45, 2.75) is 51.2 Å². The standard InChI is InChI=1S/C28H29NO3.C16H14O4.C15H12O5.C13H10O2.C12H18N2.CH3I/c30-26(19-22-15-17-29(18-16-22)20-23-7-3-1-4-8-23)21-32-27-13-11-25(12-14-27)28(31)24-9-5-2-6-10-24;1-19-15(17)11-20-14-9-7-13(8-10-14)16(18)12-5-3-2-4-6-12;16-14(20-18)10-19-13-8-6-12(7-9-13)15(17)11-4-2-1-3-5-11;14-12-8-6-11(7-9-12)13(15)10-4-2-1-3-5-10;13-12-6-8-14(9-7-12)10-11-4-2-1-3-5-11;1-2/h1-14,22H,15-21H2;2-10H,11H2,1H3;1-9,18H,10H2;1-9,14H;1-5,12H,6-10,13H2;1H3/i;;;;;1D. The molecule has 2 heterocycles. The summed E-state index contributed by atoms with van der Waals surface area (Å²) in [5.74, 6) is 0.726. The molecule has 0 saturated carbocycles. The van der Waals surface area contributed by atoms with Crippen LogP contribution in [0.5, 0.6) is 23.0 Å². The lowest BCUT2D eigenvalue weighted by atomic mass is 9.91. The summed E-state index contributed by atoms with van der Waals surface area (Å²) in [5.41, 5.74) is 13.4. The van der Waals surface area contributed by atoms with Crippen LogP contribution in [-0.4, -0.2) is 125 Å². The Hall–Kier alpha value is -10.7. The van der Waals surface area contributed by atoms with E-state index >= 15 is 0 Å². The topological polar surface area (TPSA) is 239 Å². The first-order chi connectivity index (χ1) is 50.6. The number of nitrogens with two attached hydrogens (primary N) is 1. The van der Waals surface area contributed by atoms with Gasteiger partial charge in [-0.25, -0.2) is 9.59 Å². The van der Waals surface area contributed by atoms with Gasteiger partial charge in [0.2, 0.25) is 0 Å². The second kappa shape index (κ2) is 44.5. The third-order valence-corrected chi connectivity index (χ3v) is 16.4. The van der Waals surface area contributed by atoms with E-state index in [2.05, 4.69) is 74.0 Å². The summed E-state index contributed by atoms with van der Waals surface area (Å²) < 4.78 is 26.6. The Morgan fingerprint density at radius 2 is 0.680 bits per heavy atom. The summed E-state index contributed by atoms with van der Waals surface area (Å²) in [6, 6.07) is 84.1. The van der Waals surface area contributed by atoms with E-state index in [0.717, 1.165) is 65.0 Å². The molecule has 10 aromatic rings. The molecule has 18 heteroatoms. The molecule has 2 aliphatic rings. The predicted molar refractivity (Wildman–Crippen MR) is 407 cm³/mol. The normalized spacial score (nSPS) is 12.7. The van der Waals surface area contributed by atoms with Crippen LogP contribution in [0.15, 0.2) is 279 Å². The highest BCUT2D eigenvalue weighted by atomic mass is 127. The van der Waals surface area contributed by atoms with Crippen LogP contribution in [0.3, 0.4) is 0 Å². The lowest BCUT2D eigenvalue weighted by Gasteiger charge is -2.31. The molecule has 0 unspecified atom stereocenters. The van der Waals surface area contributed by atoms with Crippen LogP contribution in [0.2, 0.25) is 0 Å². The highest BCUT2D eigenvalue weighted by molar-refractivity contribution is 14.1. The molecule has 0 atom stereocenters. The molecule has 2 aliphatic heterocycles. The zero-order valence-corrected chi connectivity index (χ0v) is 59.6. The highest BCUT2D eigenvalue weighted by Crippen LogP contribution is 2.24. The first-order valence-corrected chi connectivity index (χ1v) is 35.1. The number of hydrogen-bond acceptors (Lipinski definition) is 17. The first-order valence-electron chi connectivity index (χ1n) is 34.2. The van der Waals surface area contributed by atoms with Crippen molar-refractivity contribution >= 4 is 63.4 Å². The predicted octanol–water partition coefficient (Wildman–Crippen LogP) is 15.2. The molecule has 17 nitrogen and oxygen atoms in total. The fraction of sp³-hybridized carbons (Fsp3) is 0.212. The van der Waals surface area contributed by atoms with Crippen molar-refractivity contribution in [2.75, 3.05) is 58.0 Å². The van der Waals surface area contributed by atoms with Crippen LogP contribution in [0, 0.1) is 5.92 Å². The van der Waals surface area contributed by atoms with E-state index in [4.69, 9.17) is 31.7 Å². The van der Waals surface area contributed by atoms with Crippen molar-refractivity contribution in [1.29, 1.82) is 0 Å². The summed E-state index contributed by atoms with van der Waals surface area (Å²) in [5, 5.41) is 17.2. The molecule has 2 fully saturated rings. The third kappa shape index (κ3) is 28.3. The van der Waals surface area contributed by atoms with Crippen LogP contribution in [0.4, 0.5) is 0 Å². The van der Waals surface area contributed by atoms with Gasteiger partial charge in [-0.1, -0.05) is 205 Å². The summed E-state index contributed by atoms with van der Waals surface area (Å²) in [6.45, 7) is 5.95. The van der Waals surface area contributed by atoms with Gasteiger partial charge in [-0.2, -0.15) is 5.26 Å². The zero-order valence-electron chi connectivity index (χ0n) is 58.5. The Kier molecular flexibility index (Phi) is 33.7. The summed E-state index contributed by atoms with van der Waals surface area (Å²) in [4.78, 5) is 91.6. The minimum atomic E-state index is -0.894. The molecule has 0 amide bonds. The minimum Gasteiger partial charge on any atom is -0.508 e. The van der Waals surface area contributed by atoms with E-state index in [0.29, 0.717) is 85.0 Å². The van der Waals surface area contributed by atoms with Crippen LogP contribution in [-0.2, 0) is 37.1 Å².